The van der Waals surface area contributed by atoms with Crippen LogP contribution in [-0.2, 0) is 20.4 Å². The number of methoxy groups -OCH3 is 1. The van der Waals surface area contributed by atoms with E-state index in [1.54, 1.807) is 48.5 Å². The van der Waals surface area contributed by atoms with Crippen LogP contribution in [0.2, 0.25) is 0 Å². The van der Waals surface area contributed by atoms with Crippen molar-refractivity contribution in [2.24, 2.45) is 0 Å². The number of ether oxygens (including phenoxy) is 4. The number of halogens is 3. The monoisotopic (exact) mass is 496 g/mol. The van der Waals surface area contributed by atoms with Crippen molar-refractivity contribution in [3.63, 3.8) is 0 Å². The van der Waals surface area contributed by atoms with Gasteiger partial charge in [0.05, 0.1) is 12.7 Å². The molecular weight excluding hydrogens is 473 g/mol. The van der Waals surface area contributed by atoms with E-state index in [1.165, 1.54) is 38.7 Å². The maximum Gasteiger partial charge on any atom is 0.417 e. The Kier molecular flexibility index (Phi) is 8.57. The van der Waals surface area contributed by atoms with Gasteiger partial charge in [0.1, 0.15) is 36.5 Å². The van der Waals surface area contributed by atoms with Gasteiger partial charge in [-0.25, -0.2) is 4.79 Å². The molecule has 3 rings (SSSR count). The first-order chi connectivity index (χ1) is 17.2. The van der Waals surface area contributed by atoms with Gasteiger partial charge in [0, 0.05) is 5.57 Å². The Balaban J connectivity index is 1.74. The SMILES string of the molecule is C=C(C)C(=O)O/C=C\Oc1ccc(-c2ccc(-c3ccc(O/C=C\OC)cc3C(F)(F)F)cc2)cc1. The number of esters is 1. The molecule has 8 heteroatoms. The smallest absolute Gasteiger partial charge is 0.417 e. The van der Waals surface area contributed by atoms with Crippen LogP contribution in [0.15, 0.2) is 104 Å². The number of rotatable bonds is 9. The fourth-order valence-corrected chi connectivity index (χ4v) is 3.11. The van der Waals surface area contributed by atoms with E-state index in [0.29, 0.717) is 11.3 Å². The van der Waals surface area contributed by atoms with Crippen molar-refractivity contribution in [3.05, 3.63) is 109 Å². The van der Waals surface area contributed by atoms with Crippen LogP contribution in [0, 0.1) is 0 Å². The van der Waals surface area contributed by atoms with E-state index in [0.717, 1.165) is 29.7 Å². The summed E-state index contributed by atoms with van der Waals surface area (Å²) in [6, 6.07) is 17.6. The normalized spacial score (nSPS) is 11.5. The van der Waals surface area contributed by atoms with Gasteiger partial charge in [0.15, 0.2) is 0 Å². The summed E-state index contributed by atoms with van der Waals surface area (Å²) >= 11 is 0. The summed E-state index contributed by atoms with van der Waals surface area (Å²) in [4.78, 5) is 11.3. The van der Waals surface area contributed by atoms with Gasteiger partial charge in [-0.3, -0.25) is 0 Å². The highest BCUT2D eigenvalue weighted by Gasteiger charge is 2.34. The molecule has 0 aliphatic heterocycles. The second kappa shape index (κ2) is 11.8. The van der Waals surface area contributed by atoms with E-state index < -0.39 is 17.7 Å². The van der Waals surface area contributed by atoms with E-state index in [1.807, 2.05) is 0 Å². The summed E-state index contributed by atoms with van der Waals surface area (Å²) in [6.45, 7) is 5.01. The number of alkyl halides is 3. The van der Waals surface area contributed by atoms with Crippen molar-refractivity contribution in [1.82, 2.24) is 0 Å². The van der Waals surface area contributed by atoms with Crippen molar-refractivity contribution in [3.8, 4) is 33.8 Å². The zero-order chi connectivity index (χ0) is 26.1. The van der Waals surface area contributed by atoms with Crippen LogP contribution in [0.25, 0.3) is 22.3 Å². The number of benzene rings is 3. The average molecular weight is 496 g/mol. The zero-order valence-corrected chi connectivity index (χ0v) is 19.5. The summed E-state index contributed by atoms with van der Waals surface area (Å²) in [5, 5.41) is 0. The van der Waals surface area contributed by atoms with E-state index in [2.05, 4.69) is 11.3 Å². The molecule has 0 N–H and O–H groups in total. The third-order valence-corrected chi connectivity index (χ3v) is 4.86. The largest absolute Gasteiger partial charge is 0.501 e. The molecule has 0 amide bonds. The predicted molar refractivity (Wildman–Crippen MR) is 130 cm³/mol. The molecule has 0 saturated carbocycles. The van der Waals surface area contributed by atoms with Gasteiger partial charge in [-0.2, -0.15) is 13.2 Å². The lowest BCUT2D eigenvalue weighted by atomic mass is 9.96. The topological polar surface area (TPSA) is 54.0 Å². The Labute approximate surface area is 206 Å². The third-order valence-electron chi connectivity index (χ3n) is 4.86. The molecule has 0 spiro atoms. The summed E-state index contributed by atoms with van der Waals surface area (Å²) < 4.78 is 61.2. The standard InChI is InChI=1S/C28H23F3O5/c1-19(2)27(32)36-17-16-34-23-10-8-21(9-11-23)20-4-6-22(7-5-20)25-13-12-24(35-15-14-33-3)18-26(25)28(29,30)31/h4-18H,1H2,2-3H3/b15-14-,17-16-. The van der Waals surface area contributed by atoms with E-state index in [-0.39, 0.29) is 16.9 Å². The van der Waals surface area contributed by atoms with Crippen LogP contribution in [0.5, 0.6) is 11.5 Å². The van der Waals surface area contributed by atoms with Gasteiger partial charge in [0.25, 0.3) is 0 Å². The van der Waals surface area contributed by atoms with Crippen LogP contribution < -0.4 is 9.47 Å². The molecule has 0 aromatic heterocycles. The number of carbonyl (C=O) groups excluding carboxylic acids is 1. The molecule has 0 radical (unpaired) electrons. The summed E-state index contributed by atoms with van der Waals surface area (Å²) in [5.41, 5.74) is 1.58. The summed E-state index contributed by atoms with van der Waals surface area (Å²) in [5.74, 6) is -0.00268. The molecule has 3 aromatic carbocycles. The maximum absolute atomic E-state index is 13.7. The van der Waals surface area contributed by atoms with Crippen molar-refractivity contribution < 1.29 is 36.9 Å². The second-order valence-corrected chi connectivity index (χ2v) is 7.51. The van der Waals surface area contributed by atoms with Crippen LogP contribution in [0.3, 0.4) is 0 Å². The van der Waals surface area contributed by atoms with Gasteiger partial charge in [-0.15, -0.1) is 0 Å². The van der Waals surface area contributed by atoms with Crippen molar-refractivity contribution in [2.75, 3.05) is 7.11 Å². The second-order valence-electron chi connectivity index (χ2n) is 7.51. The molecule has 186 valence electrons. The number of carbonyl (C=O) groups is 1. The lowest BCUT2D eigenvalue weighted by Crippen LogP contribution is -2.07. The first-order valence-corrected chi connectivity index (χ1v) is 10.6. The molecule has 0 heterocycles. The summed E-state index contributed by atoms with van der Waals surface area (Å²) in [6.07, 6.45) is 0.165. The molecule has 0 aliphatic carbocycles. The third kappa shape index (κ3) is 7.02. The number of hydrogen-bond acceptors (Lipinski definition) is 5. The van der Waals surface area contributed by atoms with Crippen LogP contribution in [0.1, 0.15) is 12.5 Å². The van der Waals surface area contributed by atoms with Crippen molar-refractivity contribution in [1.29, 1.82) is 0 Å². The predicted octanol–water partition coefficient (Wildman–Crippen LogP) is 7.51. The van der Waals surface area contributed by atoms with Gasteiger partial charge in [-0.05, 0) is 53.4 Å². The zero-order valence-electron chi connectivity index (χ0n) is 19.5. The van der Waals surface area contributed by atoms with E-state index in [9.17, 15) is 18.0 Å². The highest BCUT2D eigenvalue weighted by molar-refractivity contribution is 5.87. The van der Waals surface area contributed by atoms with Gasteiger partial charge in [-0.1, -0.05) is 49.0 Å². The molecule has 0 unspecified atom stereocenters. The molecule has 0 saturated heterocycles. The highest BCUT2D eigenvalue weighted by atomic mass is 19.4. The Morgan fingerprint density at radius 3 is 1.89 bits per heavy atom. The quantitative estimate of drug-likeness (QED) is 0.174. The Morgan fingerprint density at radius 1 is 0.778 bits per heavy atom. The maximum atomic E-state index is 13.7. The van der Waals surface area contributed by atoms with Crippen molar-refractivity contribution in [2.45, 2.75) is 13.1 Å². The minimum atomic E-state index is -4.56. The first-order valence-electron chi connectivity index (χ1n) is 10.6. The molecule has 5 nitrogen and oxygen atoms in total. The molecule has 36 heavy (non-hydrogen) atoms. The Morgan fingerprint density at radius 2 is 1.31 bits per heavy atom. The number of hydrogen-bond donors (Lipinski definition) is 0. The fraction of sp³-hybridized carbons (Fsp3) is 0.107. The Hall–Kier alpha value is -4.46. The first kappa shape index (κ1) is 26.2. The van der Waals surface area contributed by atoms with Crippen LogP contribution in [0.4, 0.5) is 13.2 Å². The van der Waals surface area contributed by atoms with Crippen LogP contribution in [-0.4, -0.2) is 13.1 Å². The lowest BCUT2D eigenvalue weighted by molar-refractivity contribution is -0.137. The van der Waals surface area contributed by atoms with Gasteiger partial charge >= 0.3 is 12.1 Å². The summed E-state index contributed by atoms with van der Waals surface area (Å²) in [7, 11) is 1.40. The molecule has 0 bridgehead atoms. The minimum absolute atomic E-state index is 0.0417. The van der Waals surface area contributed by atoms with Gasteiger partial charge < -0.3 is 18.9 Å². The lowest BCUT2D eigenvalue weighted by Gasteiger charge is -2.15. The molecule has 0 atom stereocenters. The molecule has 0 aliphatic rings. The van der Waals surface area contributed by atoms with E-state index in [4.69, 9.17) is 14.2 Å². The molecule has 0 fully saturated rings. The minimum Gasteiger partial charge on any atom is -0.501 e. The average Bonchev–Trinajstić information content (AvgIpc) is 2.86. The molecule has 3 aromatic rings. The highest BCUT2D eigenvalue weighted by Crippen LogP contribution is 2.39. The molecular formula is C28H23F3O5. The van der Waals surface area contributed by atoms with Crippen LogP contribution >= 0.6 is 0 Å². The Bertz CT molecular complexity index is 1260. The van der Waals surface area contributed by atoms with Gasteiger partial charge in [0.2, 0.25) is 0 Å². The van der Waals surface area contributed by atoms with Crippen molar-refractivity contribution >= 4 is 5.97 Å². The fourth-order valence-electron chi connectivity index (χ4n) is 3.11. The van der Waals surface area contributed by atoms with E-state index >= 15 is 0 Å².